The van der Waals surface area contributed by atoms with Gasteiger partial charge in [0, 0.05) is 19.0 Å². The third-order valence-electron chi connectivity index (χ3n) is 4.43. The van der Waals surface area contributed by atoms with E-state index in [4.69, 9.17) is 9.47 Å². The minimum Gasteiger partial charge on any atom is -0.497 e. The molecule has 6 nitrogen and oxygen atoms in total. The Morgan fingerprint density at radius 2 is 1.80 bits per heavy atom. The fourth-order valence-corrected chi connectivity index (χ4v) is 3.09. The third-order valence-corrected chi connectivity index (χ3v) is 4.43. The molecule has 1 amide bonds. The zero-order chi connectivity index (χ0) is 18.0. The number of ether oxygens (including phenoxy) is 2. The summed E-state index contributed by atoms with van der Waals surface area (Å²) in [5.74, 6) is -0.476. The number of fused-ring (bicyclic) bond motifs is 1. The molecule has 2 aromatic rings. The van der Waals surface area contributed by atoms with Crippen molar-refractivity contribution in [2.45, 2.75) is 19.0 Å². The summed E-state index contributed by atoms with van der Waals surface area (Å²) in [6, 6.07) is 11.5. The molecule has 0 bridgehead atoms. The van der Waals surface area contributed by atoms with Crippen molar-refractivity contribution in [3.8, 4) is 11.5 Å². The van der Waals surface area contributed by atoms with E-state index in [0.717, 1.165) is 11.1 Å². The Balaban J connectivity index is 1.99. The highest BCUT2D eigenvalue weighted by Crippen LogP contribution is 2.30. The van der Waals surface area contributed by atoms with Crippen molar-refractivity contribution in [2.24, 2.45) is 0 Å². The van der Waals surface area contributed by atoms with Gasteiger partial charge < -0.3 is 19.5 Å². The molecule has 2 aromatic carbocycles. The van der Waals surface area contributed by atoms with Gasteiger partial charge in [-0.05, 0) is 23.3 Å². The van der Waals surface area contributed by atoms with Crippen molar-refractivity contribution >= 4 is 11.9 Å². The first-order valence-electron chi connectivity index (χ1n) is 7.87. The normalized spacial score (nSPS) is 16.1. The van der Waals surface area contributed by atoms with Gasteiger partial charge in [0.1, 0.15) is 17.5 Å². The van der Waals surface area contributed by atoms with Gasteiger partial charge in [-0.1, -0.05) is 24.3 Å². The van der Waals surface area contributed by atoms with E-state index >= 15 is 0 Å². The molecule has 3 rings (SSSR count). The van der Waals surface area contributed by atoms with Crippen LogP contribution in [0.25, 0.3) is 0 Å². The molecule has 1 heterocycles. The van der Waals surface area contributed by atoms with Crippen LogP contribution in [0.2, 0.25) is 0 Å². The third kappa shape index (κ3) is 3.15. The zero-order valence-corrected chi connectivity index (χ0v) is 14.1. The predicted molar refractivity (Wildman–Crippen MR) is 91.0 cm³/mol. The van der Waals surface area contributed by atoms with Gasteiger partial charge in [0.2, 0.25) is 0 Å². The molecule has 0 aliphatic carbocycles. The Labute approximate surface area is 145 Å². The Bertz CT molecular complexity index is 817. The lowest BCUT2D eigenvalue weighted by Gasteiger charge is -2.34. The number of aliphatic carboxylic acids is 1. The van der Waals surface area contributed by atoms with Crippen molar-refractivity contribution in [1.29, 1.82) is 0 Å². The van der Waals surface area contributed by atoms with E-state index in [-0.39, 0.29) is 18.9 Å². The number of nitrogens with zero attached hydrogens (tertiary/aromatic N) is 1. The molecule has 0 saturated heterocycles. The number of amides is 1. The van der Waals surface area contributed by atoms with Crippen molar-refractivity contribution < 1.29 is 24.2 Å². The summed E-state index contributed by atoms with van der Waals surface area (Å²) >= 11 is 0. The minimum atomic E-state index is -1.02. The molecule has 1 aliphatic rings. The molecule has 0 unspecified atom stereocenters. The SMILES string of the molecule is COc1ccc(C(=O)N2Cc3ccccc3C[C@H]2C(=O)O)c(OC)c1. The van der Waals surface area contributed by atoms with Crippen LogP contribution in [-0.4, -0.2) is 42.1 Å². The van der Waals surface area contributed by atoms with Gasteiger partial charge in [0.05, 0.1) is 19.8 Å². The molecule has 0 aromatic heterocycles. The van der Waals surface area contributed by atoms with Crippen LogP contribution in [0, 0.1) is 0 Å². The summed E-state index contributed by atoms with van der Waals surface area (Å²) in [6.07, 6.45) is 0.287. The highest BCUT2D eigenvalue weighted by Gasteiger charge is 2.35. The topological polar surface area (TPSA) is 76.1 Å². The fourth-order valence-electron chi connectivity index (χ4n) is 3.09. The quantitative estimate of drug-likeness (QED) is 0.924. The number of carboxylic acid groups (broad SMARTS) is 1. The molecule has 0 fully saturated rings. The van der Waals surface area contributed by atoms with Crippen LogP contribution in [-0.2, 0) is 17.8 Å². The number of rotatable bonds is 4. The summed E-state index contributed by atoms with van der Waals surface area (Å²) in [7, 11) is 2.99. The van der Waals surface area contributed by atoms with E-state index in [1.807, 2.05) is 24.3 Å². The van der Waals surface area contributed by atoms with Crippen LogP contribution in [0.3, 0.4) is 0 Å². The maximum Gasteiger partial charge on any atom is 0.326 e. The monoisotopic (exact) mass is 341 g/mol. The second kappa shape index (κ2) is 6.84. The van der Waals surface area contributed by atoms with Crippen LogP contribution in [0.15, 0.2) is 42.5 Å². The average molecular weight is 341 g/mol. The molecule has 1 aliphatic heterocycles. The van der Waals surface area contributed by atoms with E-state index in [1.165, 1.54) is 19.1 Å². The first kappa shape index (κ1) is 16.8. The number of benzene rings is 2. The van der Waals surface area contributed by atoms with E-state index < -0.39 is 12.0 Å². The second-order valence-electron chi connectivity index (χ2n) is 5.83. The van der Waals surface area contributed by atoms with Gasteiger partial charge in [-0.3, -0.25) is 4.79 Å². The lowest BCUT2D eigenvalue weighted by Crippen LogP contribution is -2.48. The average Bonchev–Trinajstić information content (AvgIpc) is 2.65. The Hall–Kier alpha value is -3.02. The standard InChI is InChI=1S/C19H19NO5/c1-24-14-7-8-15(17(10-14)25-2)18(21)20-11-13-6-4-3-5-12(13)9-16(20)19(22)23/h3-8,10,16H,9,11H2,1-2H3,(H,22,23)/t16-/m0/s1. The van der Waals surface area contributed by atoms with E-state index in [1.54, 1.807) is 18.2 Å². The van der Waals surface area contributed by atoms with Gasteiger partial charge in [-0.25, -0.2) is 4.79 Å². The summed E-state index contributed by atoms with van der Waals surface area (Å²) in [5, 5.41) is 9.59. The smallest absolute Gasteiger partial charge is 0.326 e. The van der Waals surface area contributed by atoms with Gasteiger partial charge in [0.15, 0.2) is 0 Å². The van der Waals surface area contributed by atoms with Gasteiger partial charge in [0.25, 0.3) is 5.91 Å². The predicted octanol–water partition coefficient (Wildman–Crippen LogP) is 2.36. The Kier molecular flexibility index (Phi) is 4.61. The van der Waals surface area contributed by atoms with Gasteiger partial charge in [-0.2, -0.15) is 0 Å². The lowest BCUT2D eigenvalue weighted by atomic mass is 9.93. The van der Waals surface area contributed by atoms with Gasteiger partial charge in [-0.15, -0.1) is 0 Å². The maximum absolute atomic E-state index is 13.0. The van der Waals surface area contributed by atoms with Crippen molar-refractivity contribution in [1.82, 2.24) is 4.90 Å². The van der Waals surface area contributed by atoms with Crippen LogP contribution in [0.4, 0.5) is 0 Å². The largest absolute Gasteiger partial charge is 0.497 e. The zero-order valence-electron chi connectivity index (χ0n) is 14.1. The van der Waals surface area contributed by atoms with Crippen molar-refractivity contribution in [2.75, 3.05) is 14.2 Å². The summed E-state index contributed by atoms with van der Waals surface area (Å²) < 4.78 is 10.4. The number of carboxylic acids is 1. The first-order chi connectivity index (χ1) is 12.0. The Morgan fingerprint density at radius 1 is 1.08 bits per heavy atom. The molecule has 0 saturated carbocycles. The molecule has 0 radical (unpaired) electrons. The van der Waals surface area contributed by atoms with E-state index in [0.29, 0.717) is 17.1 Å². The molecule has 0 spiro atoms. The molecule has 1 N–H and O–H groups in total. The summed E-state index contributed by atoms with van der Waals surface area (Å²) in [6.45, 7) is 0.251. The number of carbonyl (C=O) groups is 2. The summed E-state index contributed by atoms with van der Waals surface area (Å²) in [4.78, 5) is 26.1. The number of hydrogen-bond acceptors (Lipinski definition) is 4. The fraction of sp³-hybridized carbons (Fsp3) is 0.263. The number of hydrogen-bond donors (Lipinski definition) is 1. The van der Waals surface area contributed by atoms with Crippen LogP contribution in [0.1, 0.15) is 21.5 Å². The van der Waals surface area contributed by atoms with Crippen LogP contribution in [0.5, 0.6) is 11.5 Å². The number of carbonyl (C=O) groups excluding carboxylic acids is 1. The molecule has 1 atom stereocenters. The van der Waals surface area contributed by atoms with Crippen molar-refractivity contribution in [3.05, 3.63) is 59.2 Å². The molecular formula is C19H19NO5. The first-order valence-corrected chi connectivity index (χ1v) is 7.87. The van der Waals surface area contributed by atoms with E-state index in [9.17, 15) is 14.7 Å². The van der Waals surface area contributed by atoms with Crippen LogP contribution >= 0.6 is 0 Å². The molecule has 130 valence electrons. The minimum absolute atomic E-state index is 0.251. The second-order valence-corrected chi connectivity index (χ2v) is 5.83. The highest BCUT2D eigenvalue weighted by molar-refractivity contribution is 5.99. The molecule has 6 heteroatoms. The lowest BCUT2D eigenvalue weighted by molar-refractivity contribution is -0.142. The highest BCUT2D eigenvalue weighted by atomic mass is 16.5. The van der Waals surface area contributed by atoms with Crippen LogP contribution < -0.4 is 9.47 Å². The molecule has 25 heavy (non-hydrogen) atoms. The maximum atomic E-state index is 13.0. The van der Waals surface area contributed by atoms with Crippen molar-refractivity contribution in [3.63, 3.8) is 0 Å². The van der Waals surface area contributed by atoms with E-state index in [2.05, 4.69) is 0 Å². The molecular weight excluding hydrogens is 322 g/mol. The summed E-state index contributed by atoms with van der Waals surface area (Å²) in [5.41, 5.74) is 2.23. The Morgan fingerprint density at radius 3 is 2.44 bits per heavy atom. The number of methoxy groups -OCH3 is 2. The van der Waals surface area contributed by atoms with Gasteiger partial charge >= 0.3 is 5.97 Å².